The summed E-state index contributed by atoms with van der Waals surface area (Å²) in [6.07, 6.45) is 2.15. The lowest BCUT2D eigenvalue weighted by molar-refractivity contribution is 0.0221. The standard InChI is InChI=1S/C16H19BrN4O2/c1-16(2,3)23-15(22)21-7-5-11-13(9-21)20-14(19-11)12-8-10(17)4-6-18-12/h4,6,8H,5,7,9H2,1-3H3,(H,19,20). The van der Waals surface area contributed by atoms with Crippen molar-refractivity contribution in [2.24, 2.45) is 0 Å². The maximum atomic E-state index is 12.2. The molecule has 122 valence electrons. The Bertz CT molecular complexity index is 736. The number of ether oxygens (including phenoxy) is 1. The minimum Gasteiger partial charge on any atom is -0.444 e. The molecule has 0 aromatic carbocycles. The van der Waals surface area contributed by atoms with Crippen LogP contribution in [0.1, 0.15) is 32.2 Å². The molecule has 1 aliphatic rings. The molecule has 0 saturated carbocycles. The van der Waals surface area contributed by atoms with Gasteiger partial charge in [0.25, 0.3) is 0 Å². The van der Waals surface area contributed by atoms with Gasteiger partial charge in [-0.25, -0.2) is 9.78 Å². The first-order valence-electron chi connectivity index (χ1n) is 7.49. The fourth-order valence-corrected chi connectivity index (χ4v) is 2.77. The van der Waals surface area contributed by atoms with E-state index in [1.807, 2.05) is 32.9 Å². The Kier molecular flexibility index (Phi) is 4.14. The van der Waals surface area contributed by atoms with Crippen LogP contribution in [0.15, 0.2) is 22.8 Å². The number of hydrogen-bond acceptors (Lipinski definition) is 4. The summed E-state index contributed by atoms with van der Waals surface area (Å²) in [7, 11) is 0. The number of aromatic amines is 1. The molecule has 3 rings (SSSR count). The number of imidazole rings is 1. The fraction of sp³-hybridized carbons (Fsp3) is 0.438. The number of amides is 1. The van der Waals surface area contributed by atoms with E-state index in [1.165, 1.54) is 0 Å². The highest BCUT2D eigenvalue weighted by Gasteiger charge is 2.27. The molecule has 1 amide bonds. The Balaban J connectivity index is 1.78. The van der Waals surface area contributed by atoms with Crippen LogP contribution in [0.4, 0.5) is 4.79 Å². The van der Waals surface area contributed by atoms with Gasteiger partial charge in [0, 0.05) is 23.6 Å². The maximum Gasteiger partial charge on any atom is 0.410 e. The van der Waals surface area contributed by atoms with Crippen LogP contribution in [0, 0.1) is 0 Å². The van der Waals surface area contributed by atoms with E-state index in [0.29, 0.717) is 19.5 Å². The molecule has 1 aliphatic heterocycles. The van der Waals surface area contributed by atoms with Crippen LogP contribution >= 0.6 is 15.9 Å². The van der Waals surface area contributed by atoms with E-state index in [4.69, 9.17) is 4.74 Å². The molecule has 2 aromatic rings. The second-order valence-corrected chi connectivity index (χ2v) is 7.44. The van der Waals surface area contributed by atoms with Gasteiger partial charge in [-0.3, -0.25) is 4.98 Å². The predicted molar refractivity (Wildman–Crippen MR) is 89.9 cm³/mol. The van der Waals surface area contributed by atoms with Gasteiger partial charge in [0.1, 0.15) is 11.3 Å². The highest BCUT2D eigenvalue weighted by Crippen LogP contribution is 2.24. The Hall–Kier alpha value is -1.89. The molecule has 0 unspecified atom stereocenters. The number of nitrogens with zero attached hydrogens (tertiary/aromatic N) is 3. The van der Waals surface area contributed by atoms with Gasteiger partial charge in [-0.1, -0.05) is 15.9 Å². The molecule has 3 heterocycles. The SMILES string of the molecule is CC(C)(C)OC(=O)N1CCc2nc(-c3cc(Br)ccn3)[nH]c2C1. The number of nitrogens with one attached hydrogen (secondary N) is 1. The van der Waals surface area contributed by atoms with Crippen LogP contribution < -0.4 is 0 Å². The first-order valence-corrected chi connectivity index (χ1v) is 8.29. The number of carbonyl (C=O) groups is 1. The number of fused-ring (bicyclic) bond motifs is 1. The molecular weight excluding hydrogens is 360 g/mol. The second-order valence-electron chi connectivity index (χ2n) is 6.52. The zero-order valence-electron chi connectivity index (χ0n) is 13.4. The first kappa shape index (κ1) is 16.0. The van der Waals surface area contributed by atoms with E-state index in [9.17, 15) is 4.79 Å². The van der Waals surface area contributed by atoms with Crippen molar-refractivity contribution >= 4 is 22.0 Å². The summed E-state index contributed by atoms with van der Waals surface area (Å²) in [5, 5.41) is 0. The van der Waals surface area contributed by atoms with Gasteiger partial charge in [-0.15, -0.1) is 0 Å². The van der Waals surface area contributed by atoms with Gasteiger partial charge in [0.05, 0.1) is 17.9 Å². The maximum absolute atomic E-state index is 12.2. The third kappa shape index (κ3) is 3.72. The minimum absolute atomic E-state index is 0.292. The van der Waals surface area contributed by atoms with Crippen LogP contribution in [0.2, 0.25) is 0 Å². The Morgan fingerprint density at radius 2 is 2.22 bits per heavy atom. The predicted octanol–water partition coefficient (Wildman–Crippen LogP) is 3.53. The van der Waals surface area contributed by atoms with Crippen molar-refractivity contribution in [2.75, 3.05) is 6.54 Å². The van der Waals surface area contributed by atoms with Crippen molar-refractivity contribution in [3.8, 4) is 11.5 Å². The van der Waals surface area contributed by atoms with Crippen molar-refractivity contribution in [2.45, 2.75) is 39.3 Å². The Morgan fingerprint density at radius 3 is 2.91 bits per heavy atom. The lowest BCUT2D eigenvalue weighted by atomic mass is 10.1. The summed E-state index contributed by atoms with van der Waals surface area (Å²) in [6, 6.07) is 3.78. The normalized spacial score (nSPS) is 14.5. The Morgan fingerprint density at radius 1 is 1.43 bits per heavy atom. The lowest BCUT2D eigenvalue weighted by Gasteiger charge is -2.29. The van der Waals surface area contributed by atoms with Gasteiger partial charge >= 0.3 is 6.09 Å². The average molecular weight is 379 g/mol. The largest absolute Gasteiger partial charge is 0.444 e. The van der Waals surface area contributed by atoms with Gasteiger partial charge in [0.2, 0.25) is 0 Å². The third-order valence-electron chi connectivity index (χ3n) is 3.45. The number of hydrogen-bond donors (Lipinski definition) is 1. The summed E-state index contributed by atoms with van der Waals surface area (Å²) < 4.78 is 6.38. The minimum atomic E-state index is -0.489. The smallest absolute Gasteiger partial charge is 0.410 e. The van der Waals surface area contributed by atoms with Gasteiger partial charge in [0.15, 0.2) is 5.82 Å². The molecule has 1 N–H and O–H groups in total. The lowest BCUT2D eigenvalue weighted by Crippen LogP contribution is -2.39. The molecule has 0 fully saturated rings. The topological polar surface area (TPSA) is 71.1 Å². The summed E-state index contributed by atoms with van der Waals surface area (Å²) >= 11 is 3.44. The number of rotatable bonds is 1. The third-order valence-corrected chi connectivity index (χ3v) is 3.94. The van der Waals surface area contributed by atoms with Crippen molar-refractivity contribution < 1.29 is 9.53 Å². The number of aromatic nitrogens is 3. The second kappa shape index (κ2) is 5.96. The van der Waals surface area contributed by atoms with Crippen molar-refractivity contribution in [1.29, 1.82) is 0 Å². The van der Waals surface area contributed by atoms with Crippen LogP contribution in [-0.4, -0.2) is 38.1 Å². The van der Waals surface area contributed by atoms with E-state index < -0.39 is 5.60 Å². The van der Waals surface area contributed by atoms with Crippen LogP contribution in [0.5, 0.6) is 0 Å². The zero-order valence-corrected chi connectivity index (χ0v) is 15.0. The van der Waals surface area contributed by atoms with E-state index in [2.05, 4.69) is 30.9 Å². The number of H-pyrrole nitrogens is 1. The molecule has 2 aromatic heterocycles. The molecular formula is C16H19BrN4O2. The summed E-state index contributed by atoms with van der Waals surface area (Å²) in [6.45, 7) is 6.69. The van der Waals surface area contributed by atoms with Crippen LogP contribution in [0.3, 0.4) is 0 Å². The monoisotopic (exact) mass is 378 g/mol. The number of carbonyl (C=O) groups excluding carboxylic acids is 1. The van der Waals surface area contributed by atoms with Gasteiger partial charge < -0.3 is 14.6 Å². The van der Waals surface area contributed by atoms with E-state index in [1.54, 1.807) is 11.1 Å². The molecule has 6 nitrogen and oxygen atoms in total. The molecule has 0 spiro atoms. The Labute approximate surface area is 143 Å². The molecule has 0 aliphatic carbocycles. The van der Waals surface area contributed by atoms with Gasteiger partial charge in [-0.2, -0.15) is 0 Å². The van der Waals surface area contributed by atoms with Crippen molar-refractivity contribution in [3.05, 3.63) is 34.2 Å². The average Bonchev–Trinajstić information content (AvgIpc) is 2.88. The quantitative estimate of drug-likeness (QED) is 0.823. The highest BCUT2D eigenvalue weighted by molar-refractivity contribution is 9.10. The van der Waals surface area contributed by atoms with E-state index in [-0.39, 0.29) is 6.09 Å². The summed E-state index contributed by atoms with van der Waals surface area (Å²) in [4.78, 5) is 26.1. The van der Waals surface area contributed by atoms with Crippen molar-refractivity contribution in [3.63, 3.8) is 0 Å². The molecule has 0 radical (unpaired) electrons. The summed E-state index contributed by atoms with van der Waals surface area (Å²) in [5.74, 6) is 0.724. The summed E-state index contributed by atoms with van der Waals surface area (Å²) in [5.41, 5.74) is 2.22. The molecule has 7 heteroatoms. The fourth-order valence-electron chi connectivity index (χ4n) is 2.43. The molecule has 23 heavy (non-hydrogen) atoms. The number of halogens is 1. The zero-order chi connectivity index (χ0) is 16.6. The first-order chi connectivity index (χ1) is 10.8. The molecule has 0 bridgehead atoms. The molecule has 0 saturated heterocycles. The van der Waals surface area contributed by atoms with Crippen molar-refractivity contribution in [1.82, 2.24) is 19.9 Å². The van der Waals surface area contributed by atoms with E-state index >= 15 is 0 Å². The van der Waals surface area contributed by atoms with Crippen LogP contribution in [0.25, 0.3) is 11.5 Å². The van der Waals surface area contributed by atoms with E-state index in [0.717, 1.165) is 27.4 Å². The number of pyridine rings is 1. The highest BCUT2D eigenvalue weighted by atomic mass is 79.9. The molecule has 0 atom stereocenters. The van der Waals surface area contributed by atoms with Gasteiger partial charge in [-0.05, 0) is 32.9 Å². The van der Waals surface area contributed by atoms with Crippen LogP contribution in [-0.2, 0) is 17.7 Å².